The molecule has 0 radical (unpaired) electrons. The Morgan fingerprint density at radius 2 is 2.06 bits per heavy atom. The van der Waals surface area contributed by atoms with Crippen molar-refractivity contribution in [2.75, 3.05) is 11.9 Å². The van der Waals surface area contributed by atoms with Gasteiger partial charge in [-0.1, -0.05) is 20.8 Å². The molecular formula is C14H25N3S. The summed E-state index contributed by atoms with van der Waals surface area (Å²) in [5.74, 6) is 0.860. The summed E-state index contributed by atoms with van der Waals surface area (Å²) in [6, 6.07) is 0.592. The van der Waals surface area contributed by atoms with E-state index < -0.39 is 0 Å². The molecular weight excluding hydrogens is 242 g/mol. The third kappa shape index (κ3) is 2.69. The molecule has 1 heterocycles. The Morgan fingerprint density at radius 1 is 1.44 bits per heavy atom. The second-order valence-electron chi connectivity index (χ2n) is 6.41. The molecule has 18 heavy (non-hydrogen) atoms. The molecule has 0 saturated heterocycles. The SMILES string of the molecule is CC(C1CC1)N(C)c1nc(C(C)(C)C)c(CN)s1. The predicted molar refractivity (Wildman–Crippen MR) is 79.3 cm³/mol. The zero-order valence-electron chi connectivity index (χ0n) is 12.2. The third-order valence-electron chi connectivity index (χ3n) is 3.80. The fourth-order valence-electron chi connectivity index (χ4n) is 2.28. The first-order chi connectivity index (χ1) is 8.34. The van der Waals surface area contributed by atoms with Crippen LogP contribution in [0.1, 0.15) is 51.1 Å². The molecule has 102 valence electrons. The first-order valence-corrected chi connectivity index (χ1v) is 7.59. The van der Waals surface area contributed by atoms with Gasteiger partial charge in [0.15, 0.2) is 5.13 Å². The van der Waals surface area contributed by atoms with E-state index in [1.165, 1.54) is 23.4 Å². The third-order valence-corrected chi connectivity index (χ3v) is 4.97. The van der Waals surface area contributed by atoms with E-state index in [1.807, 2.05) is 0 Å². The second kappa shape index (κ2) is 4.82. The Kier molecular flexibility index (Phi) is 3.70. The molecule has 1 fully saturated rings. The van der Waals surface area contributed by atoms with Crippen LogP contribution in [-0.2, 0) is 12.0 Å². The summed E-state index contributed by atoms with van der Waals surface area (Å²) in [6.45, 7) is 9.51. The van der Waals surface area contributed by atoms with Crippen LogP contribution in [0.2, 0.25) is 0 Å². The minimum Gasteiger partial charge on any atom is -0.348 e. The van der Waals surface area contributed by atoms with Gasteiger partial charge in [0, 0.05) is 29.9 Å². The Morgan fingerprint density at radius 3 is 2.44 bits per heavy atom. The van der Waals surface area contributed by atoms with E-state index in [2.05, 4.69) is 39.6 Å². The summed E-state index contributed by atoms with van der Waals surface area (Å²) in [7, 11) is 2.16. The van der Waals surface area contributed by atoms with Gasteiger partial charge in [0.1, 0.15) is 0 Å². The molecule has 4 heteroatoms. The fraction of sp³-hybridized carbons (Fsp3) is 0.786. The summed E-state index contributed by atoms with van der Waals surface area (Å²) in [4.78, 5) is 8.41. The zero-order chi connectivity index (χ0) is 13.5. The Balaban J connectivity index is 2.26. The van der Waals surface area contributed by atoms with Crippen LogP contribution in [0.15, 0.2) is 0 Å². The molecule has 0 amide bonds. The van der Waals surface area contributed by atoms with Crippen LogP contribution in [-0.4, -0.2) is 18.1 Å². The summed E-state index contributed by atoms with van der Waals surface area (Å²) in [5.41, 5.74) is 7.10. The molecule has 1 aliphatic rings. The highest BCUT2D eigenvalue weighted by Gasteiger charge is 2.32. The smallest absolute Gasteiger partial charge is 0.185 e. The van der Waals surface area contributed by atoms with Crippen LogP contribution in [0.5, 0.6) is 0 Å². The molecule has 0 aliphatic heterocycles. The molecule has 2 N–H and O–H groups in total. The molecule has 0 bridgehead atoms. The Bertz CT molecular complexity index is 415. The molecule has 2 rings (SSSR count). The molecule has 1 aromatic heterocycles. The number of hydrogen-bond acceptors (Lipinski definition) is 4. The van der Waals surface area contributed by atoms with Crippen LogP contribution in [0.25, 0.3) is 0 Å². The van der Waals surface area contributed by atoms with Gasteiger partial charge in [0.25, 0.3) is 0 Å². The summed E-state index contributed by atoms with van der Waals surface area (Å²) in [6.07, 6.45) is 2.74. The highest BCUT2D eigenvalue weighted by Crippen LogP contribution is 2.39. The van der Waals surface area contributed by atoms with E-state index in [9.17, 15) is 0 Å². The number of anilines is 1. The van der Waals surface area contributed by atoms with E-state index in [0.717, 1.165) is 11.0 Å². The number of hydrogen-bond donors (Lipinski definition) is 1. The molecule has 1 aliphatic carbocycles. The predicted octanol–water partition coefficient (Wildman–Crippen LogP) is 3.13. The number of rotatable bonds is 4. The van der Waals surface area contributed by atoms with E-state index >= 15 is 0 Å². The van der Waals surface area contributed by atoms with Crippen molar-refractivity contribution in [2.24, 2.45) is 11.7 Å². The van der Waals surface area contributed by atoms with Gasteiger partial charge in [-0.15, -0.1) is 11.3 Å². The van der Waals surface area contributed by atoms with Crippen LogP contribution < -0.4 is 10.6 Å². The van der Waals surface area contributed by atoms with Gasteiger partial charge in [-0.2, -0.15) is 0 Å². The lowest BCUT2D eigenvalue weighted by atomic mass is 9.91. The van der Waals surface area contributed by atoms with E-state index in [-0.39, 0.29) is 5.41 Å². The largest absolute Gasteiger partial charge is 0.348 e. The van der Waals surface area contributed by atoms with Crippen molar-refractivity contribution in [3.8, 4) is 0 Å². The molecule has 0 aromatic carbocycles. The molecule has 3 nitrogen and oxygen atoms in total. The van der Waals surface area contributed by atoms with Crippen molar-refractivity contribution in [3.05, 3.63) is 10.6 Å². The highest BCUT2D eigenvalue weighted by atomic mass is 32.1. The quantitative estimate of drug-likeness (QED) is 0.911. The maximum atomic E-state index is 5.86. The van der Waals surface area contributed by atoms with E-state index in [0.29, 0.717) is 12.6 Å². The average Bonchev–Trinajstić information content (AvgIpc) is 3.04. The van der Waals surface area contributed by atoms with Crippen molar-refractivity contribution >= 4 is 16.5 Å². The fourth-order valence-corrected chi connectivity index (χ4v) is 3.48. The number of nitrogens with two attached hydrogens (primary N) is 1. The summed E-state index contributed by atoms with van der Waals surface area (Å²) >= 11 is 1.76. The second-order valence-corrected chi connectivity index (χ2v) is 7.47. The van der Waals surface area contributed by atoms with Gasteiger partial charge in [0.2, 0.25) is 0 Å². The molecule has 0 spiro atoms. The van der Waals surface area contributed by atoms with Gasteiger partial charge in [-0.3, -0.25) is 0 Å². The normalized spacial score (nSPS) is 17.9. The molecule has 1 aromatic rings. The van der Waals surface area contributed by atoms with Gasteiger partial charge in [-0.05, 0) is 25.7 Å². The minimum atomic E-state index is 0.0765. The number of nitrogens with zero attached hydrogens (tertiary/aromatic N) is 2. The van der Waals surface area contributed by atoms with Crippen molar-refractivity contribution in [1.82, 2.24) is 4.98 Å². The molecule has 1 saturated carbocycles. The van der Waals surface area contributed by atoms with Crippen LogP contribution >= 0.6 is 11.3 Å². The van der Waals surface area contributed by atoms with Crippen LogP contribution in [0, 0.1) is 5.92 Å². The lowest BCUT2D eigenvalue weighted by Crippen LogP contribution is -2.30. The lowest BCUT2D eigenvalue weighted by Gasteiger charge is -2.24. The van der Waals surface area contributed by atoms with Crippen molar-refractivity contribution in [2.45, 2.75) is 58.5 Å². The average molecular weight is 267 g/mol. The van der Waals surface area contributed by atoms with Crippen LogP contribution in [0.3, 0.4) is 0 Å². The minimum absolute atomic E-state index is 0.0765. The van der Waals surface area contributed by atoms with Gasteiger partial charge in [-0.25, -0.2) is 4.98 Å². The lowest BCUT2D eigenvalue weighted by molar-refractivity contribution is 0.561. The van der Waals surface area contributed by atoms with E-state index in [1.54, 1.807) is 11.3 Å². The highest BCUT2D eigenvalue weighted by molar-refractivity contribution is 7.15. The zero-order valence-corrected chi connectivity index (χ0v) is 13.0. The summed E-state index contributed by atoms with van der Waals surface area (Å²) < 4.78 is 0. The maximum absolute atomic E-state index is 5.86. The van der Waals surface area contributed by atoms with Gasteiger partial charge >= 0.3 is 0 Å². The number of aromatic nitrogens is 1. The molecule has 1 unspecified atom stereocenters. The van der Waals surface area contributed by atoms with Crippen LogP contribution in [0.4, 0.5) is 5.13 Å². The maximum Gasteiger partial charge on any atom is 0.185 e. The van der Waals surface area contributed by atoms with Crippen molar-refractivity contribution in [3.63, 3.8) is 0 Å². The Labute approximate surface area is 114 Å². The summed E-state index contributed by atoms with van der Waals surface area (Å²) in [5, 5.41) is 1.12. The first kappa shape index (κ1) is 13.8. The first-order valence-electron chi connectivity index (χ1n) is 6.77. The van der Waals surface area contributed by atoms with Crippen molar-refractivity contribution in [1.29, 1.82) is 0 Å². The van der Waals surface area contributed by atoms with Crippen molar-refractivity contribution < 1.29 is 0 Å². The molecule has 1 atom stereocenters. The van der Waals surface area contributed by atoms with Gasteiger partial charge in [0.05, 0.1) is 5.69 Å². The monoisotopic (exact) mass is 267 g/mol. The van der Waals surface area contributed by atoms with E-state index in [4.69, 9.17) is 10.7 Å². The number of thiazole rings is 1. The Hall–Kier alpha value is -0.610. The van der Waals surface area contributed by atoms with Gasteiger partial charge < -0.3 is 10.6 Å². The topological polar surface area (TPSA) is 42.2 Å². The standard InChI is InChI=1S/C14H25N3S/c1-9(10-6-7-10)17(5)13-16-12(14(2,3)4)11(8-15)18-13/h9-10H,6-8,15H2,1-5H3.